The zero-order chi connectivity index (χ0) is 15.7. The second-order valence-electron chi connectivity index (χ2n) is 5.53. The molecular weight excluding hydrogens is 290 g/mol. The van der Waals surface area contributed by atoms with Gasteiger partial charge in [-0.2, -0.15) is 0 Å². The number of halogens is 2. The van der Waals surface area contributed by atoms with Gasteiger partial charge in [0.1, 0.15) is 17.5 Å². The van der Waals surface area contributed by atoms with Gasteiger partial charge in [0.25, 0.3) is 0 Å². The molecule has 3 rings (SSSR count). The van der Waals surface area contributed by atoms with Gasteiger partial charge in [0.05, 0.1) is 11.6 Å². The first-order chi connectivity index (χ1) is 10.6. The molecule has 1 aliphatic rings. The lowest BCUT2D eigenvalue weighted by atomic mass is 10.2. The molecule has 1 aromatic heterocycles. The van der Waals surface area contributed by atoms with Gasteiger partial charge in [-0.1, -0.05) is 6.07 Å². The van der Waals surface area contributed by atoms with Crippen molar-refractivity contribution in [3.8, 4) is 0 Å². The molecule has 22 heavy (non-hydrogen) atoms. The Hall–Kier alpha value is -2.02. The van der Waals surface area contributed by atoms with Crippen LogP contribution in [0.1, 0.15) is 12.2 Å². The number of aromatic nitrogens is 2. The zero-order valence-corrected chi connectivity index (χ0v) is 12.3. The van der Waals surface area contributed by atoms with Crippen LogP contribution in [0, 0.1) is 5.82 Å². The summed E-state index contributed by atoms with van der Waals surface area (Å²) in [5, 5.41) is 5.60. The van der Waals surface area contributed by atoms with E-state index in [2.05, 4.69) is 15.6 Å². The Balaban J connectivity index is 1.61. The summed E-state index contributed by atoms with van der Waals surface area (Å²) in [5.74, 6) is 0.140. The molecule has 7 heteroatoms. The van der Waals surface area contributed by atoms with E-state index in [0.717, 1.165) is 5.52 Å². The number of carbonyl (C=O) groups is 1. The van der Waals surface area contributed by atoms with Crippen molar-refractivity contribution in [3.05, 3.63) is 29.8 Å². The largest absolute Gasteiger partial charge is 0.354 e. The summed E-state index contributed by atoms with van der Waals surface area (Å²) in [5.41, 5.74) is 1.06. The van der Waals surface area contributed by atoms with E-state index in [1.54, 1.807) is 12.1 Å². The molecule has 0 bridgehead atoms. The quantitative estimate of drug-likeness (QED) is 0.888. The molecule has 5 nitrogen and oxygen atoms in total. The zero-order valence-electron chi connectivity index (χ0n) is 12.3. The van der Waals surface area contributed by atoms with Crippen LogP contribution in [0.15, 0.2) is 18.2 Å². The Labute approximate surface area is 126 Å². The maximum Gasteiger partial charge on any atom is 0.237 e. The molecule has 0 spiro atoms. The maximum absolute atomic E-state index is 13.7. The number of fused-ring (bicyclic) bond motifs is 1. The first-order valence-corrected chi connectivity index (χ1v) is 7.31. The van der Waals surface area contributed by atoms with Crippen molar-refractivity contribution < 1.29 is 13.6 Å². The van der Waals surface area contributed by atoms with Crippen LogP contribution >= 0.6 is 0 Å². The molecule has 0 unspecified atom stereocenters. The highest BCUT2D eigenvalue weighted by atomic mass is 19.1. The molecule has 2 atom stereocenters. The Bertz CT molecular complexity index is 700. The fourth-order valence-electron chi connectivity index (χ4n) is 2.76. The highest BCUT2D eigenvalue weighted by Crippen LogP contribution is 2.18. The number of para-hydroxylation sites is 1. The van der Waals surface area contributed by atoms with E-state index in [0.29, 0.717) is 24.3 Å². The summed E-state index contributed by atoms with van der Waals surface area (Å²) >= 11 is 0. The number of nitrogens with zero attached hydrogens (tertiary/aromatic N) is 2. The van der Waals surface area contributed by atoms with Crippen molar-refractivity contribution in [2.75, 3.05) is 13.1 Å². The molecule has 0 radical (unpaired) electrons. The highest BCUT2D eigenvalue weighted by Gasteiger charge is 2.28. The second-order valence-corrected chi connectivity index (χ2v) is 5.53. The Morgan fingerprint density at radius 3 is 3.05 bits per heavy atom. The van der Waals surface area contributed by atoms with E-state index in [1.165, 1.54) is 6.07 Å². The van der Waals surface area contributed by atoms with Crippen LogP contribution in [0.4, 0.5) is 8.78 Å². The summed E-state index contributed by atoms with van der Waals surface area (Å²) in [7, 11) is 1.82. The standard InChI is InChI=1S/C15H18F2N4O/c1-21-12-4-2-3-10(17)14(12)20-13(21)5-6-18-15(22)11-7-9(16)8-19-11/h2-4,9,11,19H,5-8H2,1H3,(H,18,22)/t9-,11+/m0/s1. The Kier molecular flexibility index (Phi) is 4.06. The van der Waals surface area contributed by atoms with Crippen molar-refractivity contribution in [2.24, 2.45) is 7.05 Å². The van der Waals surface area contributed by atoms with E-state index >= 15 is 0 Å². The van der Waals surface area contributed by atoms with Crippen molar-refractivity contribution in [1.82, 2.24) is 20.2 Å². The lowest BCUT2D eigenvalue weighted by Crippen LogP contribution is -2.41. The van der Waals surface area contributed by atoms with Crippen LogP contribution < -0.4 is 10.6 Å². The molecule has 1 fully saturated rings. The fraction of sp³-hybridized carbons (Fsp3) is 0.467. The first-order valence-electron chi connectivity index (χ1n) is 7.31. The van der Waals surface area contributed by atoms with Gasteiger partial charge < -0.3 is 15.2 Å². The Morgan fingerprint density at radius 2 is 2.36 bits per heavy atom. The van der Waals surface area contributed by atoms with Crippen molar-refractivity contribution in [2.45, 2.75) is 25.1 Å². The number of hydrogen-bond acceptors (Lipinski definition) is 3. The highest BCUT2D eigenvalue weighted by molar-refractivity contribution is 5.82. The number of imidazole rings is 1. The normalized spacial score (nSPS) is 21.4. The average Bonchev–Trinajstić information content (AvgIpc) is 3.06. The van der Waals surface area contributed by atoms with Gasteiger partial charge in [-0.25, -0.2) is 13.8 Å². The van der Waals surface area contributed by atoms with Gasteiger partial charge in [0, 0.05) is 33.0 Å². The number of amides is 1. The summed E-state index contributed by atoms with van der Waals surface area (Å²) in [6.45, 7) is 0.606. The lowest BCUT2D eigenvalue weighted by molar-refractivity contribution is -0.122. The SMILES string of the molecule is Cn1c(CCNC(=O)[C@H]2C[C@H](F)CN2)nc2c(F)cccc21. The number of aryl methyl sites for hydroxylation is 1. The Morgan fingerprint density at radius 1 is 1.55 bits per heavy atom. The van der Waals surface area contributed by atoms with E-state index in [9.17, 15) is 13.6 Å². The number of nitrogens with one attached hydrogen (secondary N) is 2. The predicted molar refractivity (Wildman–Crippen MR) is 78.7 cm³/mol. The molecule has 1 aromatic carbocycles. The van der Waals surface area contributed by atoms with Gasteiger partial charge in [-0.15, -0.1) is 0 Å². The average molecular weight is 308 g/mol. The van der Waals surface area contributed by atoms with Gasteiger partial charge in [-0.05, 0) is 12.1 Å². The number of alkyl halides is 1. The molecular formula is C15H18F2N4O. The number of rotatable bonds is 4. The van der Waals surface area contributed by atoms with Gasteiger partial charge in [-0.3, -0.25) is 4.79 Å². The van der Waals surface area contributed by atoms with Crippen LogP contribution in [0.3, 0.4) is 0 Å². The van der Waals surface area contributed by atoms with Crippen molar-refractivity contribution in [3.63, 3.8) is 0 Å². The predicted octanol–water partition coefficient (Wildman–Crippen LogP) is 1.07. The lowest BCUT2D eigenvalue weighted by Gasteiger charge is -2.10. The topological polar surface area (TPSA) is 59.0 Å². The summed E-state index contributed by atoms with van der Waals surface area (Å²) < 4.78 is 28.5. The van der Waals surface area contributed by atoms with Crippen molar-refractivity contribution in [1.29, 1.82) is 0 Å². The van der Waals surface area contributed by atoms with Crippen molar-refractivity contribution >= 4 is 16.9 Å². The molecule has 1 amide bonds. The molecule has 0 saturated carbocycles. The van der Waals surface area contributed by atoms with Gasteiger partial charge in [0.15, 0.2) is 5.82 Å². The molecule has 1 saturated heterocycles. The third kappa shape index (κ3) is 2.81. The minimum absolute atomic E-state index is 0.204. The first kappa shape index (κ1) is 14.9. The fourth-order valence-corrected chi connectivity index (χ4v) is 2.76. The van der Waals surface area contributed by atoms with Crippen LogP contribution in [-0.2, 0) is 18.3 Å². The van der Waals surface area contributed by atoms with Gasteiger partial charge >= 0.3 is 0 Å². The number of carbonyl (C=O) groups excluding carboxylic acids is 1. The van der Waals surface area contributed by atoms with Gasteiger partial charge in [0.2, 0.25) is 5.91 Å². The summed E-state index contributed by atoms with van der Waals surface area (Å²) in [6, 6.07) is 4.36. The smallest absolute Gasteiger partial charge is 0.237 e. The monoisotopic (exact) mass is 308 g/mol. The van der Waals surface area contributed by atoms with E-state index in [1.807, 2.05) is 11.6 Å². The number of benzene rings is 1. The maximum atomic E-state index is 13.7. The molecule has 2 aromatic rings. The van der Waals surface area contributed by atoms with Crippen LogP contribution in [0.5, 0.6) is 0 Å². The van der Waals surface area contributed by atoms with E-state index < -0.39 is 12.2 Å². The molecule has 2 heterocycles. The second kappa shape index (κ2) is 6.00. The number of hydrogen-bond donors (Lipinski definition) is 2. The molecule has 118 valence electrons. The third-order valence-electron chi connectivity index (χ3n) is 4.00. The minimum Gasteiger partial charge on any atom is -0.354 e. The third-order valence-corrected chi connectivity index (χ3v) is 4.00. The summed E-state index contributed by atoms with van der Waals surface area (Å²) in [4.78, 5) is 16.1. The van der Waals surface area contributed by atoms with E-state index in [-0.39, 0.29) is 24.7 Å². The summed E-state index contributed by atoms with van der Waals surface area (Å²) in [6.07, 6.45) is -0.260. The molecule has 0 aliphatic carbocycles. The van der Waals surface area contributed by atoms with Crippen LogP contribution in [0.2, 0.25) is 0 Å². The minimum atomic E-state index is -0.960. The molecule has 1 aliphatic heterocycles. The van der Waals surface area contributed by atoms with E-state index in [4.69, 9.17) is 0 Å². The van der Waals surface area contributed by atoms with Crippen LogP contribution in [0.25, 0.3) is 11.0 Å². The molecule has 2 N–H and O–H groups in total. The van der Waals surface area contributed by atoms with Crippen LogP contribution in [-0.4, -0.2) is 40.8 Å².